The van der Waals surface area contributed by atoms with Crippen molar-refractivity contribution in [3.63, 3.8) is 0 Å². The highest BCUT2D eigenvalue weighted by molar-refractivity contribution is 6.01. The van der Waals surface area contributed by atoms with E-state index >= 15 is 0 Å². The number of rotatable bonds is 7. The lowest BCUT2D eigenvalue weighted by Crippen LogP contribution is -2.31. The number of carboxylic acid groups (broad SMARTS) is 1. The van der Waals surface area contributed by atoms with Gasteiger partial charge in [0.25, 0.3) is 5.91 Å². The topological polar surface area (TPSA) is 87.5 Å². The summed E-state index contributed by atoms with van der Waals surface area (Å²) in [4.78, 5) is 26.0. The van der Waals surface area contributed by atoms with Gasteiger partial charge in [0.2, 0.25) is 0 Å². The lowest BCUT2D eigenvalue weighted by Gasteiger charge is -2.21. The minimum atomic E-state index is -4.80. The zero-order chi connectivity index (χ0) is 25.3. The number of aromatic nitrogens is 2. The van der Waals surface area contributed by atoms with Gasteiger partial charge >= 0.3 is 12.1 Å². The van der Waals surface area contributed by atoms with E-state index in [1.54, 1.807) is 11.8 Å². The molecular weight excluding hydrogens is 461 g/mol. The number of carbonyl (C=O) groups excluding carboxylic acids is 1. The molecule has 184 valence electrons. The van der Waals surface area contributed by atoms with Gasteiger partial charge in [0.05, 0.1) is 18.2 Å². The van der Waals surface area contributed by atoms with Crippen LogP contribution in [0.25, 0.3) is 0 Å². The first-order valence-electron chi connectivity index (χ1n) is 11.2. The third kappa shape index (κ3) is 5.01. The van der Waals surface area contributed by atoms with Crippen molar-refractivity contribution in [3.05, 3.63) is 82.0 Å². The number of hydrogen-bond donors (Lipinski definition) is 2. The van der Waals surface area contributed by atoms with E-state index < -0.39 is 35.4 Å². The first-order valence-corrected chi connectivity index (χ1v) is 11.2. The molecule has 0 bridgehead atoms. The Balaban J connectivity index is 1.63. The second-order valence-electron chi connectivity index (χ2n) is 8.48. The molecule has 0 saturated carbocycles. The van der Waals surface area contributed by atoms with E-state index in [0.717, 1.165) is 17.5 Å². The second kappa shape index (κ2) is 9.44. The van der Waals surface area contributed by atoms with Crippen LogP contribution in [0.3, 0.4) is 0 Å². The van der Waals surface area contributed by atoms with Crippen LogP contribution in [0.2, 0.25) is 0 Å². The summed E-state index contributed by atoms with van der Waals surface area (Å²) in [6, 6.07) is 13.0. The van der Waals surface area contributed by atoms with Gasteiger partial charge in [-0.2, -0.15) is 18.3 Å². The number of aromatic carboxylic acids is 1. The van der Waals surface area contributed by atoms with Crippen molar-refractivity contribution in [2.24, 2.45) is 0 Å². The molecule has 1 aromatic heterocycles. The highest BCUT2D eigenvalue weighted by atomic mass is 19.4. The third-order valence-electron chi connectivity index (χ3n) is 6.11. The summed E-state index contributed by atoms with van der Waals surface area (Å²) in [5.74, 6) is -1.84. The quantitative estimate of drug-likeness (QED) is 0.507. The lowest BCUT2D eigenvalue weighted by atomic mass is 10.1. The molecule has 0 saturated heterocycles. The van der Waals surface area contributed by atoms with Gasteiger partial charge in [0.1, 0.15) is 11.4 Å². The standard InChI is InChI=1S/C25H25F3N4O3/c1-3-16-4-6-17(7-5-16)14-31-12-13-32-23(31)20(21(30-32)25(26,27)28)22(33)29-15(2)18-8-10-19(11-9-18)24(34)35/h4-11,15H,3,12-14H2,1-2H3,(H,29,33)(H,34,35)/t15-/m0/s1. The molecule has 4 rings (SSSR count). The summed E-state index contributed by atoms with van der Waals surface area (Å²) in [5, 5.41) is 15.4. The molecular formula is C25H25F3N4O3. The van der Waals surface area contributed by atoms with Crippen LogP contribution in [0, 0.1) is 0 Å². The van der Waals surface area contributed by atoms with Gasteiger partial charge in [0, 0.05) is 13.1 Å². The second-order valence-corrected chi connectivity index (χ2v) is 8.48. The number of hydrogen-bond acceptors (Lipinski definition) is 4. The molecule has 0 aliphatic carbocycles. The summed E-state index contributed by atoms with van der Waals surface area (Å²) >= 11 is 0. The SMILES string of the molecule is CCc1ccc(CN2CCn3nc(C(F)(F)F)c(C(=O)N[C@@H](C)c4ccc(C(=O)O)cc4)c32)cc1. The number of nitrogens with zero attached hydrogens (tertiary/aromatic N) is 3. The van der Waals surface area contributed by atoms with Crippen molar-refractivity contribution in [2.45, 2.75) is 45.6 Å². The molecule has 2 heterocycles. The largest absolute Gasteiger partial charge is 0.478 e. The van der Waals surface area contributed by atoms with Gasteiger partial charge in [0.15, 0.2) is 5.69 Å². The van der Waals surface area contributed by atoms with Crippen LogP contribution >= 0.6 is 0 Å². The zero-order valence-electron chi connectivity index (χ0n) is 19.3. The summed E-state index contributed by atoms with van der Waals surface area (Å²) < 4.78 is 42.8. The number of alkyl halides is 3. The minimum Gasteiger partial charge on any atom is -0.478 e. The Hall–Kier alpha value is -3.82. The average Bonchev–Trinajstić information content (AvgIpc) is 3.39. The van der Waals surface area contributed by atoms with Crippen LogP contribution in [0.5, 0.6) is 0 Å². The van der Waals surface area contributed by atoms with Crippen LogP contribution in [0.1, 0.15) is 63.0 Å². The van der Waals surface area contributed by atoms with Crippen molar-refractivity contribution in [1.29, 1.82) is 0 Å². The van der Waals surface area contributed by atoms with E-state index in [2.05, 4.69) is 10.4 Å². The van der Waals surface area contributed by atoms with Gasteiger partial charge < -0.3 is 15.3 Å². The van der Waals surface area contributed by atoms with Crippen LogP contribution in [-0.4, -0.2) is 33.3 Å². The van der Waals surface area contributed by atoms with Crippen molar-refractivity contribution in [3.8, 4) is 0 Å². The first kappa shape index (κ1) is 24.3. The highest BCUT2D eigenvalue weighted by Gasteiger charge is 2.44. The van der Waals surface area contributed by atoms with E-state index in [4.69, 9.17) is 5.11 Å². The van der Waals surface area contributed by atoms with Crippen LogP contribution in [0.4, 0.5) is 19.0 Å². The highest BCUT2D eigenvalue weighted by Crippen LogP contribution is 2.38. The molecule has 1 aliphatic rings. The Bertz CT molecular complexity index is 1230. The molecule has 0 fully saturated rings. The molecule has 10 heteroatoms. The molecule has 1 atom stereocenters. The fourth-order valence-corrected chi connectivity index (χ4v) is 4.18. The number of amides is 1. The third-order valence-corrected chi connectivity index (χ3v) is 6.11. The summed E-state index contributed by atoms with van der Waals surface area (Å²) in [6.07, 6.45) is -3.92. The molecule has 1 amide bonds. The molecule has 1 aliphatic heterocycles. The fourth-order valence-electron chi connectivity index (χ4n) is 4.18. The molecule has 2 aromatic carbocycles. The van der Waals surface area contributed by atoms with Crippen molar-refractivity contribution >= 4 is 17.7 Å². The van der Waals surface area contributed by atoms with Crippen LogP contribution < -0.4 is 10.2 Å². The maximum absolute atomic E-state index is 13.9. The number of fused-ring (bicyclic) bond motifs is 1. The summed E-state index contributed by atoms with van der Waals surface area (Å²) in [5.41, 5.74) is 0.990. The number of carbonyl (C=O) groups is 2. The minimum absolute atomic E-state index is 0.0729. The lowest BCUT2D eigenvalue weighted by molar-refractivity contribution is -0.141. The molecule has 0 radical (unpaired) electrons. The number of halogens is 3. The Labute approximate surface area is 200 Å². The molecule has 35 heavy (non-hydrogen) atoms. The van der Waals surface area contributed by atoms with Crippen LogP contribution in [-0.2, 0) is 25.7 Å². The Morgan fingerprint density at radius 3 is 2.26 bits per heavy atom. The molecule has 0 spiro atoms. The first-order chi connectivity index (χ1) is 16.6. The molecule has 3 aromatic rings. The maximum atomic E-state index is 13.9. The van der Waals surface area contributed by atoms with E-state index in [1.807, 2.05) is 31.2 Å². The van der Waals surface area contributed by atoms with Crippen molar-refractivity contribution in [1.82, 2.24) is 15.1 Å². The van der Waals surface area contributed by atoms with E-state index in [1.165, 1.54) is 28.9 Å². The Morgan fingerprint density at radius 1 is 1.06 bits per heavy atom. The predicted octanol–water partition coefficient (Wildman–Crippen LogP) is 4.67. The average molecular weight is 486 g/mol. The van der Waals surface area contributed by atoms with Gasteiger partial charge in [-0.1, -0.05) is 43.3 Å². The van der Waals surface area contributed by atoms with Crippen molar-refractivity contribution in [2.75, 3.05) is 11.4 Å². The number of benzene rings is 2. The maximum Gasteiger partial charge on any atom is 0.436 e. The van der Waals surface area contributed by atoms with Crippen LogP contribution in [0.15, 0.2) is 48.5 Å². The Kier molecular flexibility index (Phi) is 6.56. The van der Waals surface area contributed by atoms with Gasteiger partial charge in [-0.25, -0.2) is 9.48 Å². The summed E-state index contributed by atoms with van der Waals surface area (Å²) in [7, 11) is 0. The molecule has 2 N–H and O–H groups in total. The zero-order valence-corrected chi connectivity index (χ0v) is 19.3. The van der Waals surface area contributed by atoms with Crippen molar-refractivity contribution < 1.29 is 27.9 Å². The summed E-state index contributed by atoms with van der Waals surface area (Å²) in [6.45, 7) is 4.68. The normalized spacial score (nSPS) is 14.0. The number of anilines is 1. The van der Waals surface area contributed by atoms with Gasteiger partial charge in [-0.05, 0) is 42.2 Å². The number of nitrogens with one attached hydrogen (secondary N) is 1. The predicted molar refractivity (Wildman–Crippen MR) is 123 cm³/mol. The smallest absolute Gasteiger partial charge is 0.436 e. The Morgan fingerprint density at radius 2 is 1.69 bits per heavy atom. The van der Waals surface area contributed by atoms with E-state index in [0.29, 0.717) is 18.7 Å². The number of aryl methyl sites for hydroxylation is 1. The monoisotopic (exact) mass is 486 g/mol. The fraction of sp³-hybridized carbons (Fsp3) is 0.320. The molecule has 7 nitrogen and oxygen atoms in total. The van der Waals surface area contributed by atoms with E-state index in [9.17, 15) is 22.8 Å². The number of carboxylic acids is 1. The van der Waals surface area contributed by atoms with Gasteiger partial charge in [-0.15, -0.1) is 0 Å². The molecule has 0 unspecified atom stereocenters. The van der Waals surface area contributed by atoms with E-state index in [-0.39, 0.29) is 17.9 Å². The van der Waals surface area contributed by atoms with Gasteiger partial charge in [-0.3, -0.25) is 4.79 Å².